The average Bonchev–Trinajstić information content (AvgIpc) is 3.22. The number of benzene rings is 1. The van der Waals surface area contributed by atoms with Crippen molar-refractivity contribution in [2.24, 2.45) is 0 Å². The number of para-hydroxylation sites is 1. The van der Waals surface area contributed by atoms with Gasteiger partial charge in [-0.3, -0.25) is 5.32 Å². The predicted octanol–water partition coefficient (Wildman–Crippen LogP) is 4.74. The predicted molar refractivity (Wildman–Crippen MR) is 144 cm³/mol. The van der Waals surface area contributed by atoms with E-state index in [0.717, 1.165) is 29.7 Å². The molecule has 2 atom stereocenters. The Morgan fingerprint density at radius 2 is 1.95 bits per heavy atom. The lowest BCUT2D eigenvalue weighted by molar-refractivity contribution is 0.120. The normalized spacial score (nSPS) is 19.9. The van der Waals surface area contributed by atoms with Crippen LogP contribution in [0.4, 0.5) is 10.6 Å². The Hall–Kier alpha value is -4.24. The van der Waals surface area contributed by atoms with E-state index >= 15 is 0 Å². The summed E-state index contributed by atoms with van der Waals surface area (Å²) in [6.07, 6.45) is 13.0. The van der Waals surface area contributed by atoms with Gasteiger partial charge < -0.3 is 15.2 Å². The number of hydrogen-bond donors (Lipinski definition) is 3. The fourth-order valence-electron chi connectivity index (χ4n) is 4.16. The Morgan fingerprint density at radius 1 is 1.19 bits per heavy atom. The zero-order valence-corrected chi connectivity index (χ0v) is 21.1. The van der Waals surface area contributed by atoms with E-state index in [1.54, 1.807) is 17.1 Å². The van der Waals surface area contributed by atoms with Crippen LogP contribution in [-0.4, -0.2) is 50.1 Å². The summed E-state index contributed by atoms with van der Waals surface area (Å²) >= 11 is 0. The molecule has 4 rings (SSSR count). The molecule has 0 fully saturated rings. The molecule has 1 aromatic carbocycles. The highest BCUT2D eigenvalue weighted by molar-refractivity contribution is 5.91. The zero-order valence-electron chi connectivity index (χ0n) is 21.1. The fraction of sp³-hybridized carbons (Fsp3) is 0.286. The SMILES string of the molecule is C=C1/C=C\C=C/C[C@@H](NC(=O)Nc2c(C)c(-c3cnc(OC)nc3)nn2-c2ccccc2)C(O)CCC1. The van der Waals surface area contributed by atoms with Crippen molar-refractivity contribution in [2.75, 3.05) is 12.4 Å². The molecule has 2 aromatic heterocycles. The van der Waals surface area contributed by atoms with Crippen molar-refractivity contribution in [2.45, 2.75) is 44.8 Å². The molecule has 2 amide bonds. The summed E-state index contributed by atoms with van der Waals surface area (Å²) in [5.41, 5.74) is 3.87. The summed E-state index contributed by atoms with van der Waals surface area (Å²) in [6.45, 7) is 5.91. The molecule has 2 heterocycles. The molecule has 3 N–H and O–H groups in total. The fourth-order valence-corrected chi connectivity index (χ4v) is 4.16. The minimum absolute atomic E-state index is 0.260. The minimum Gasteiger partial charge on any atom is -0.467 e. The lowest BCUT2D eigenvalue weighted by Crippen LogP contribution is -2.45. The maximum atomic E-state index is 13.2. The maximum absolute atomic E-state index is 13.2. The number of hydrogen-bond acceptors (Lipinski definition) is 6. The lowest BCUT2D eigenvalue weighted by atomic mass is 10.0. The van der Waals surface area contributed by atoms with Crippen molar-refractivity contribution in [3.05, 3.63) is 84.7 Å². The van der Waals surface area contributed by atoms with Gasteiger partial charge in [-0.25, -0.2) is 19.4 Å². The van der Waals surface area contributed by atoms with E-state index in [1.807, 2.05) is 61.6 Å². The summed E-state index contributed by atoms with van der Waals surface area (Å²) in [7, 11) is 1.51. The Balaban J connectivity index is 1.59. The number of urea groups is 1. The summed E-state index contributed by atoms with van der Waals surface area (Å²) in [4.78, 5) is 21.6. The number of allylic oxidation sites excluding steroid dienone is 4. The van der Waals surface area contributed by atoms with Gasteiger partial charge in [0.25, 0.3) is 0 Å². The quantitative estimate of drug-likeness (QED) is 0.466. The molecule has 37 heavy (non-hydrogen) atoms. The second-order valence-electron chi connectivity index (χ2n) is 8.87. The number of aliphatic hydroxyl groups is 1. The van der Waals surface area contributed by atoms with E-state index in [0.29, 0.717) is 29.9 Å². The number of aliphatic hydroxyl groups excluding tert-OH is 1. The third-order valence-corrected chi connectivity index (χ3v) is 6.19. The molecule has 192 valence electrons. The topological polar surface area (TPSA) is 114 Å². The highest BCUT2D eigenvalue weighted by Crippen LogP contribution is 2.30. The van der Waals surface area contributed by atoms with Gasteiger partial charge >= 0.3 is 12.0 Å². The number of rotatable bonds is 5. The molecule has 1 unspecified atom stereocenters. The van der Waals surface area contributed by atoms with Gasteiger partial charge in [-0.15, -0.1) is 0 Å². The first-order valence-corrected chi connectivity index (χ1v) is 12.2. The van der Waals surface area contributed by atoms with E-state index < -0.39 is 18.2 Å². The Bertz CT molecular complexity index is 1280. The first kappa shape index (κ1) is 25.8. The Labute approximate surface area is 216 Å². The number of ether oxygens (including phenoxy) is 1. The first-order valence-electron chi connectivity index (χ1n) is 12.2. The van der Waals surface area contributed by atoms with Crippen molar-refractivity contribution in [1.29, 1.82) is 0 Å². The van der Waals surface area contributed by atoms with Gasteiger partial charge in [0.1, 0.15) is 11.5 Å². The highest BCUT2D eigenvalue weighted by atomic mass is 16.5. The summed E-state index contributed by atoms with van der Waals surface area (Å²) in [6, 6.07) is 8.92. The van der Waals surface area contributed by atoms with E-state index in [-0.39, 0.29) is 6.01 Å². The van der Waals surface area contributed by atoms with Gasteiger partial charge in [-0.05, 0) is 44.7 Å². The second-order valence-corrected chi connectivity index (χ2v) is 8.87. The number of nitrogens with one attached hydrogen (secondary N) is 2. The van der Waals surface area contributed by atoms with Crippen molar-refractivity contribution in [1.82, 2.24) is 25.1 Å². The maximum Gasteiger partial charge on any atom is 0.320 e. The number of anilines is 1. The summed E-state index contributed by atoms with van der Waals surface area (Å²) in [5, 5.41) is 21.5. The van der Waals surface area contributed by atoms with Crippen LogP contribution >= 0.6 is 0 Å². The van der Waals surface area contributed by atoms with E-state index in [4.69, 9.17) is 9.84 Å². The molecule has 0 bridgehead atoms. The van der Waals surface area contributed by atoms with Gasteiger partial charge in [0, 0.05) is 23.5 Å². The molecule has 0 saturated heterocycles. The van der Waals surface area contributed by atoms with E-state index in [9.17, 15) is 9.90 Å². The third kappa shape index (κ3) is 6.50. The first-order chi connectivity index (χ1) is 18.0. The number of methoxy groups -OCH3 is 1. The summed E-state index contributed by atoms with van der Waals surface area (Å²) in [5.74, 6) is 0.510. The number of amides is 2. The molecule has 0 radical (unpaired) electrons. The molecule has 1 aliphatic rings. The highest BCUT2D eigenvalue weighted by Gasteiger charge is 2.23. The molecule has 9 heteroatoms. The van der Waals surface area contributed by atoms with Gasteiger partial charge in [0.2, 0.25) is 0 Å². The van der Waals surface area contributed by atoms with Crippen LogP contribution in [0.5, 0.6) is 6.01 Å². The van der Waals surface area contributed by atoms with Crippen LogP contribution in [0.1, 0.15) is 31.2 Å². The van der Waals surface area contributed by atoms with Crippen LogP contribution in [0.2, 0.25) is 0 Å². The third-order valence-electron chi connectivity index (χ3n) is 6.19. The van der Waals surface area contributed by atoms with Gasteiger partial charge in [-0.2, -0.15) is 5.10 Å². The average molecular weight is 501 g/mol. The van der Waals surface area contributed by atoms with Gasteiger partial charge in [0.15, 0.2) is 0 Å². The monoisotopic (exact) mass is 500 g/mol. The van der Waals surface area contributed by atoms with Crippen molar-refractivity contribution >= 4 is 11.8 Å². The van der Waals surface area contributed by atoms with Crippen molar-refractivity contribution in [3.8, 4) is 23.0 Å². The lowest BCUT2D eigenvalue weighted by Gasteiger charge is -2.23. The van der Waals surface area contributed by atoms with Gasteiger partial charge in [0.05, 0.1) is 24.9 Å². The van der Waals surface area contributed by atoms with Crippen LogP contribution in [-0.2, 0) is 0 Å². The van der Waals surface area contributed by atoms with Crippen LogP contribution < -0.4 is 15.4 Å². The molecular weight excluding hydrogens is 468 g/mol. The molecule has 9 nitrogen and oxygen atoms in total. The van der Waals surface area contributed by atoms with Gasteiger partial charge in [-0.1, -0.05) is 54.7 Å². The number of carbonyl (C=O) groups is 1. The van der Waals surface area contributed by atoms with Crippen LogP contribution in [0.25, 0.3) is 16.9 Å². The smallest absolute Gasteiger partial charge is 0.320 e. The van der Waals surface area contributed by atoms with Crippen molar-refractivity contribution < 1.29 is 14.6 Å². The molecule has 3 aromatic rings. The molecule has 1 aliphatic carbocycles. The van der Waals surface area contributed by atoms with Crippen LogP contribution in [0.15, 0.2) is 79.2 Å². The van der Waals surface area contributed by atoms with Crippen LogP contribution in [0, 0.1) is 6.92 Å². The number of carbonyl (C=O) groups excluding carboxylic acids is 1. The Kier molecular flexibility index (Phi) is 8.48. The summed E-state index contributed by atoms with van der Waals surface area (Å²) < 4.78 is 6.74. The molecule has 0 aliphatic heterocycles. The standard InChI is InChI=1S/C28H32N6O3/c1-19-11-6-4-9-15-23(24(35)16-10-12-19)31-27(36)32-26-20(2)25(21-17-29-28(37-3)30-18-21)33-34(26)22-13-7-5-8-14-22/h4-9,11,13-14,17-18,23-24,35H,1,10,12,15-16H2,2-3H3,(H2,31,32,36)/b9-4-,11-6-/t23-,24?/m1/s1. The Morgan fingerprint density at radius 3 is 2.68 bits per heavy atom. The number of aromatic nitrogens is 4. The van der Waals surface area contributed by atoms with Crippen LogP contribution in [0.3, 0.4) is 0 Å². The second kappa shape index (κ2) is 12.1. The minimum atomic E-state index is -0.687. The largest absolute Gasteiger partial charge is 0.467 e. The molecule has 0 saturated carbocycles. The molecule has 0 spiro atoms. The zero-order chi connectivity index (χ0) is 26.2. The van der Waals surface area contributed by atoms with E-state index in [2.05, 4.69) is 27.2 Å². The molecular formula is C28H32N6O3. The number of nitrogens with zero attached hydrogens (tertiary/aromatic N) is 4. The van der Waals surface area contributed by atoms with E-state index in [1.165, 1.54) is 7.11 Å². The van der Waals surface area contributed by atoms with Crippen molar-refractivity contribution in [3.63, 3.8) is 0 Å².